The number of hydrogen-bond donors (Lipinski definition) is 0. The lowest BCUT2D eigenvalue weighted by molar-refractivity contribution is 0.730. The molecule has 0 spiro atoms. The third-order valence-electron chi connectivity index (χ3n) is 4.62. The van der Waals surface area contributed by atoms with Gasteiger partial charge in [0.15, 0.2) is 0 Å². The van der Waals surface area contributed by atoms with Gasteiger partial charge in [0.1, 0.15) is 0 Å². The minimum Gasteiger partial charge on any atom is -0.334 e. The van der Waals surface area contributed by atoms with Gasteiger partial charge in [0.25, 0.3) is 0 Å². The van der Waals surface area contributed by atoms with Crippen molar-refractivity contribution in [3.8, 4) is 5.69 Å². The lowest BCUT2D eigenvalue weighted by Crippen LogP contribution is -2.07. The molecule has 0 N–H and O–H groups in total. The molecule has 0 aliphatic carbocycles. The summed E-state index contributed by atoms with van der Waals surface area (Å²) in [5.74, 6) is 0. The Hall–Kier alpha value is -3.40. The van der Waals surface area contributed by atoms with E-state index in [2.05, 4.69) is 63.4 Å². The summed E-state index contributed by atoms with van der Waals surface area (Å²) in [5.41, 5.74) is 4.53. The average Bonchev–Trinajstić information content (AvgIpc) is 3.27. The lowest BCUT2D eigenvalue weighted by atomic mass is 10.2. The van der Waals surface area contributed by atoms with Gasteiger partial charge in [-0.2, -0.15) is 0 Å². The first kappa shape index (κ1) is 14.0. The van der Waals surface area contributed by atoms with Gasteiger partial charge in [-0.3, -0.25) is 0 Å². The maximum Gasteiger partial charge on any atom is 0.0843 e. The van der Waals surface area contributed by atoms with Crippen LogP contribution >= 0.6 is 0 Å². The van der Waals surface area contributed by atoms with E-state index in [1.54, 1.807) is 0 Å². The van der Waals surface area contributed by atoms with Gasteiger partial charge in [-0.1, -0.05) is 59.8 Å². The van der Waals surface area contributed by atoms with Crippen LogP contribution in [-0.2, 0) is 6.54 Å². The van der Waals surface area contributed by atoms with E-state index in [1.165, 1.54) is 21.8 Å². The van der Waals surface area contributed by atoms with Gasteiger partial charge in [-0.15, -0.1) is 5.10 Å². The number of aromatic nitrogens is 4. The van der Waals surface area contributed by atoms with Crippen LogP contribution in [0.4, 0.5) is 0 Å². The van der Waals surface area contributed by atoms with Crippen LogP contribution in [0.15, 0.2) is 85.1 Å². The smallest absolute Gasteiger partial charge is 0.0843 e. The number of benzene rings is 3. The Kier molecular flexibility index (Phi) is 3.13. The van der Waals surface area contributed by atoms with Crippen LogP contribution < -0.4 is 0 Å². The summed E-state index contributed by atoms with van der Waals surface area (Å²) in [6.07, 6.45) is 1.84. The second-order valence-corrected chi connectivity index (χ2v) is 6.09. The number of fused-ring (bicyclic) bond motifs is 3. The van der Waals surface area contributed by atoms with Gasteiger partial charge in [0.05, 0.1) is 24.1 Å². The van der Waals surface area contributed by atoms with Crippen LogP contribution in [-0.4, -0.2) is 19.6 Å². The maximum atomic E-state index is 4.28. The minimum atomic E-state index is 0.718. The highest BCUT2D eigenvalue weighted by molar-refractivity contribution is 6.08. The predicted molar refractivity (Wildman–Crippen MR) is 99.9 cm³/mol. The monoisotopic (exact) mass is 324 g/mol. The van der Waals surface area contributed by atoms with Crippen LogP contribution in [0, 0.1) is 0 Å². The van der Waals surface area contributed by atoms with E-state index in [0.29, 0.717) is 0 Å². The molecule has 4 heteroatoms. The molecule has 4 nitrogen and oxygen atoms in total. The van der Waals surface area contributed by atoms with Gasteiger partial charge >= 0.3 is 0 Å². The zero-order valence-electron chi connectivity index (χ0n) is 13.6. The molecule has 3 aromatic carbocycles. The largest absolute Gasteiger partial charge is 0.334 e. The van der Waals surface area contributed by atoms with E-state index in [4.69, 9.17) is 0 Å². The molecule has 0 aliphatic heterocycles. The highest BCUT2D eigenvalue weighted by Gasteiger charge is 2.13. The van der Waals surface area contributed by atoms with Crippen LogP contribution in [0.5, 0.6) is 0 Å². The summed E-state index contributed by atoms with van der Waals surface area (Å²) in [6.45, 7) is 0.718. The fourth-order valence-electron chi connectivity index (χ4n) is 3.49. The molecule has 0 radical (unpaired) electrons. The SMILES string of the molecule is c1ccc(-n2nncc2Cn2c3ccccc3c3ccccc32)cc1. The van der Waals surface area contributed by atoms with E-state index in [0.717, 1.165) is 17.9 Å². The lowest BCUT2D eigenvalue weighted by Gasteiger charge is -2.09. The van der Waals surface area contributed by atoms with E-state index >= 15 is 0 Å². The molecule has 0 amide bonds. The van der Waals surface area contributed by atoms with Crippen molar-refractivity contribution in [1.29, 1.82) is 0 Å². The van der Waals surface area contributed by atoms with Crippen molar-refractivity contribution in [2.75, 3.05) is 0 Å². The van der Waals surface area contributed by atoms with Crippen molar-refractivity contribution in [2.45, 2.75) is 6.54 Å². The highest BCUT2D eigenvalue weighted by atomic mass is 15.4. The molecule has 2 aromatic heterocycles. The van der Waals surface area contributed by atoms with Crippen molar-refractivity contribution in [1.82, 2.24) is 19.6 Å². The Morgan fingerprint density at radius 3 is 1.96 bits per heavy atom. The minimum absolute atomic E-state index is 0.718. The summed E-state index contributed by atoms with van der Waals surface area (Å²) >= 11 is 0. The molecule has 120 valence electrons. The van der Waals surface area contributed by atoms with Crippen LogP contribution in [0.1, 0.15) is 5.69 Å². The second-order valence-electron chi connectivity index (χ2n) is 6.09. The molecule has 0 aliphatic rings. The Balaban J connectivity index is 1.70. The average molecular weight is 324 g/mol. The maximum absolute atomic E-state index is 4.28. The Morgan fingerprint density at radius 2 is 1.28 bits per heavy atom. The number of rotatable bonds is 3. The van der Waals surface area contributed by atoms with Gasteiger partial charge in [0, 0.05) is 21.8 Å². The summed E-state index contributed by atoms with van der Waals surface area (Å²) in [7, 11) is 0. The van der Waals surface area contributed by atoms with Crippen LogP contribution in [0.3, 0.4) is 0 Å². The van der Waals surface area contributed by atoms with E-state index in [9.17, 15) is 0 Å². The molecule has 0 fully saturated rings. The second kappa shape index (κ2) is 5.60. The highest BCUT2D eigenvalue weighted by Crippen LogP contribution is 2.29. The Morgan fingerprint density at radius 1 is 0.680 bits per heavy atom. The third-order valence-corrected chi connectivity index (χ3v) is 4.62. The normalized spacial score (nSPS) is 11.4. The van der Waals surface area contributed by atoms with E-state index in [-0.39, 0.29) is 0 Å². The van der Waals surface area contributed by atoms with Gasteiger partial charge in [-0.05, 0) is 24.3 Å². The number of hydrogen-bond acceptors (Lipinski definition) is 2. The molecule has 0 saturated carbocycles. The zero-order valence-corrected chi connectivity index (χ0v) is 13.6. The van der Waals surface area contributed by atoms with Crippen molar-refractivity contribution in [3.05, 3.63) is 90.8 Å². The number of para-hydroxylation sites is 3. The van der Waals surface area contributed by atoms with Gasteiger partial charge in [0.2, 0.25) is 0 Å². The molecular formula is C21H16N4. The summed E-state index contributed by atoms with van der Waals surface area (Å²) in [5, 5.41) is 11.0. The Labute approximate surface area is 144 Å². The topological polar surface area (TPSA) is 35.6 Å². The van der Waals surface area contributed by atoms with Gasteiger partial charge < -0.3 is 4.57 Å². The van der Waals surface area contributed by atoms with Crippen molar-refractivity contribution < 1.29 is 0 Å². The quantitative estimate of drug-likeness (QED) is 0.492. The Bertz CT molecular complexity index is 1120. The summed E-state index contributed by atoms with van der Waals surface area (Å²) in [4.78, 5) is 0. The number of nitrogens with zero attached hydrogens (tertiary/aromatic N) is 4. The fourth-order valence-corrected chi connectivity index (χ4v) is 3.49. The van der Waals surface area contributed by atoms with E-state index < -0.39 is 0 Å². The molecule has 0 saturated heterocycles. The standard InChI is InChI=1S/C21H16N4/c1-2-8-16(9-3-1)25-17(14-22-23-25)15-24-20-12-6-4-10-18(20)19-11-5-7-13-21(19)24/h1-14H,15H2. The van der Waals surface area contributed by atoms with Crippen molar-refractivity contribution in [3.63, 3.8) is 0 Å². The molecular weight excluding hydrogens is 308 g/mol. The third kappa shape index (κ3) is 2.22. The van der Waals surface area contributed by atoms with Crippen molar-refractivity contribution >= 4 is 21.8 Å². The fraction of sp³-hybridized carbons (Fsp3) is 0.0476. The zero-order chi connectivity index (χ0) is 16.6. The summed E-state index contributed by atoms with van der Waals surface area (Å²) in [6, 6.07) is 27.2. The van der Waals surface area contributed by atoms with Crippen LogP contribution in [0.2, 0.25) is 0 Å². The molecule has 5 rings (SSSR count). The first-order valence-corrected chi connectivity index (χ1v) is 8.33. The van der Waals surface area contributed by atoms with Gasteiger partial charge in [-0.25, -0.2) is 4.68 Å². The predicted octanol–water partition coefficient (Wildman–Crippen LogP) is 4.42. The molecule has 25 heavy (non-hydrogen) atoms. The molecule has 0 atom stereocenters. The van der Waals surface area contributed by atoms with Crippen molar-refractivity contribution in [2.24, 2.45) is 0 Å². The molecule has 5 aromatic rings. The summed E-state index contributed by atoms with van der Waals surface area (Å²) < 4.78 is 4.24. The first-order chi connectivity index (χ1) is 12.4. The van der Waals surface area contributed by atoms with Crippen LogP contribution in [0.25, 0.3) is 27.5 Å². The van der Waals surface area contributed by atoms with E-state index in [1.807, 2.05) is 41.2 Å². The molecule has 2 heterocycles. The molecule has 0 unspecified atom stereocenters. The molecule has 0 bridgehead atoms. The first-order valence-electron chi connectivity index (χ1n) is 8.33.